The van der Waals surface area contributed by atoms with Crippen molar-refractivity contribution in [3.05, 3.63) is 102 Å². The number of fused-ring (bicyclic) bond motifs is 1. The minimum absolute atomic E-state index is 0.00988. The summed E-state index contributed by atoms with van der Waals surface area (Å²) < 4.78 is 62.0. The van der Waals surface area contributed by atoms with Crippen LogP contribution in [0.15, 0.2) is 90.0 Å². The van der Waals surface area contributed by atoms with Crippen LogP contribution in [0.3, 0.4) is 0 Å². The Kier molecular flexibility index (Phi) is 13.6. The fraction of sp³-hybridized carbons (Fsp3) is 0.364. The van der Waals surface area contributed by atoms with Crippen molar-refractivity contribution in [3.63, 3.8) is 0 Å². The highest BCUT2D eigenvalue weighted by Crippen LogP contribution is 2.36. The lowest BCUT2D eigenvalue weighted by atomic mass is 9.92. The maximum Gasteiger partial charge on any atom is 0.424 e. The number of anilines is 2. The lowest BCUT2D eigenvalue weighted by molar-refractivity contribution is -0.180. The van der Waals surface area contributed by atoms with Gasteiger partial charge in [0.15, 0.2) is 15.5 Å². The third-order valence-electron chi connectivity index (χ3n) is 9.35. The number of methoxy groups -OCH3 is 1. The Morgan fingerprint density at radius 3 is 2.10 bits per heavy atom. The van der Waals surface area contributed by atoms with E-state index < -0.39 is 57.3 Å². The largest absolute Gasteiger partial charge is 0.495 e. The molecule has 2 heterocycles. The Hall–Kier alpha value is -6.36. The Balaban J connectivity index is 1.44. The van der Waals surface area contributed by atoms with Gasteiger partial charge in [0.05, 0.1) is 17.7 Å². The van der Waals surface area contributed by atoms with Crippen LogP contribution in [0.4, 0.5) is 25.6 Å². The molecular weight excluding hydrogens is 810 g/mol. The molecule has 61 heavy (non-hydrogen) atoms. The second-order valence-corrected chi connectivity index (χ2v) is 18.4. The van der Waals surface area contributed by atoms with E-state index in [4.69, 9.17) is 18.9 Å². The number of hydrogen-bond acceptors (Lipinski definition) is 12. The number of nitrogens with one attached hydrogen (secondary N) is 1. The number of carbonyl (C=O) groups is 4. The van der Waals surface area contributed by atoms with Gasteiger partial charge in [0.2, 0.25) is 0 Å². The first-order valence-corrected chi connectivity index (χ1v) is 21.2. The number of pyridine rings is 1. The number of aromatic nitrogens is 3. The lowest BCUT2D eigenvalue weighted by Crippen LogP contribution is -2.53. The zero-order valence-corrected chi connectivity index (χ0v) is 36.5. The monoisotopic (exact) mass is 859 g/mol. The van der Waals surface area contributed by atoms with Gasteiger partial charge in [-0.1, -0.05) is 57.2 Å². The number of amides is 2. The zero-order valence-electron chi connectivity index (χ0n) is 35.7. The van der Waals surface area contributed by atoms with Crippen LogP contribution in [0.1, 0.15) is 72.4 Å². The predicted octanol–water partition coefficient (Wildman–Crippen LogP) is 7.97. The molecule has 0 aliphatic heterocycles. The van der Waals surface area contributed by atoms with Gasteiger partial charge in [-0.15, -0.1) is 5.10 Å². The highest BCUT2D eigenvalue weighted by Gasteiger charge is 2.38. The number of ether oxygens (including phenoxy) is 4. The van der Waals surface area contributed by atoms with E-state index in [0.717, 1.165) is 33.4 Å². The summed E-state index contributed by atoms with van der Waals surface area (Å²) in [5, 5.41) is 7.06. The van der Waals surface area contributed by atoms with E-state index in [0.29, 0.717) is 5.65 Å². The number of ketones is 1. The summed E-state index contributed by atoms with van der Waals surface area (Å²) in [6.07, 6.45) is -0.556. The highest BCUT2D eigenvalue weighted by atomic mass is 32.2. The van der Waals surface area contributed by atoms with Gasteiger partial charge < -0.3 is 24.3 Å². The van der Waals surface area contributed by atoms with Crippen molar-refractivity contribution < 1.29 is 50.9 Å². The van der Waals surface area contributed by atoms with Gasteiger partial charge in [0.25, 0.3) is 12.2 Å². The van der Waals surface area contributed by atoms with Gasteiger partial charge in [0.1, 0.15) is 28.5 Å². The summed E-state index contributed by atoms with van der Waals surface area (Å²) in [6, 6.07) is 20.6. The van der Waals surface area contributed by atoms with E-state index in [9.17, 15) is 32.0 Å². The van der Waals surface area contributed by atoms with Gasteiger partial charge in [-0.2, -0.15) is 4.98 Å². The quantitative estimate of drug-likeness (QED) is 0.0841. The number of rotatable bonds is 14. The van der Waals surface area contributed by atoms with E-state index >= 15 is 0 Å². The van der Waals surface area contributed by atoms with Crippen molar-refractivity contribution in [2.45, 2.75) is 90.1 Å². The minimum Gasteiger partial charge on any atom is -0.495 e. The van der Waals surface area contributed by atoms with Crippen LogP contribution in [0.5, 0.6) is 5.75 Å². The van der Waals surface area contributed by atoms with Crippen LogP contribution in [-0.2, 0) is 40.1 Å². The van der Waals surface area contributed by atoms with Crippen molar-refractivity contribution in [1.29, 1.82) is 0 Å². The Morgan fingerprint density at radius 1 is 0.869 bits per heavy atom. The molecule has 0 saturated carbocycles. The van der Waals surface area contributed by atoms with Crippen molar-refractivity contribution in [2.24, 2.45) is 5.92 Å². The molecule has 0 radical (unpaired) electrons. The van der Waals surface area contributed by atoms with Crippen LogP contribution in [0.25, 0.3) is 16.8 Å². The van der Waals surface area contributed by atoms with Crippen LogP contribution < -0.4 is 15.0 Å². The first-order valence-electron chi connectivity index (χ1n) is 19.3. The topological polar surface area (TPSA) is 185 Å². The second-order valence-electron chi connectivity index (χ2n) is 16.3. The third kappa shape index (κ3) is 11.5. The average Bonchev–Trinajstić information content (AvgIpc) is 3.59. The molecule has 0 aliphatic rings. The van der Waals surface area contributed by atoms with Gasteiger partial charge in [-0.3, -0.25) is 4.79 Å². The molecule has 0 spiro atoms. The van der Waals surface area contributed by atoms with E-state index in [1.807, 2.05) is 24.3 Å². The summed E-state index contributed by atoms with van der Waals surface area (Å²) in [5.41, 5.74) is 0.940. The van der Waals surface area contributed by atoms with Gasteiger partial charge >= 0.3 is 18.2 Å². The van der Waals surface area contributed by atoms with Crippen LogP contribution >= 0.6 is 0 Å². The van der Waals surface area contributed by atoms with Crippen LogP contribution in [-0.4, -0.2) is 77.8 Å². The Bertz CT molecular complexity index is 2530. The molecule has 0 fully saturated rings. The number of hydrogen-bond donors (Lipinski definition) is 1. The number of nitrogens with zero attached hydrogens (tertiary/aromatic N) is 4. The van der Waals surface area contributed by atoms with E-state index in [1.54, 1.807) is 72.0 Å². The smallest absolute Gasteiger partial charge is 0.424 e. The maximum atomic E-state index is 14.3. The Morgan fingerprint density at radius 2 is 1.51 bits per heavy atom. The number of Topliss-reactive ketones (excluding diaryl/α,β-unsaturated/α-hetero) is 1. The highest BCUT2D eigenvalue weighted by molar-refractivity contribution is 7.90. The SMILES string of the molecule is COc1cc(S(C)(=O)=O)ccc1N(C(=O)OC(OC(=O)C(C)(C)NC(=O)OC(C)(C)C)C(C)C)c1nc2ccc(-c3ccc(CC(=O)[C@H](C)c4ccc(F)cc4)cc3)cn2n1. The third-order valence-corrected chi connectivity index (χ3v) is 10.5. The number of halogens is 1. The van der Waals surface area contributed by atoms with Gasteiger partial charge in [0, 0.05) is 42.3 Å². The molecule has 1 N–H and O–H groups in total. The molecule has 5 rings (SSSR count). The van der Waals surface area contributed by atoms with Crippen molar-refractivity contribution in [1.82, 2.24) is 19.9 Å². The fourth-order valence-corrected chi connectivity index (χ4v) is 6.55. The Labute approximate surface area is 354 Å². The molecule has 15 nitrogen and oxygen atoms in total. The van der Waals surface area contributed by atoms with E-state index in [1.165, 1.54) is 55.8 Å². The number of carbonyl (C=O) groups excluding carboxylic acids is 4. The molecule has 0 saturated heterocycles. The molecule has 17 heteroatoms. The number of sulfone groups is 1. The second kappa shape index (κ2) is 18.1. The fourth-order valence-electron chi connectivity index (χ4n) is 5.92. The minimum atomic E-state index is -3.69. The zero-order chi connectivity index (χ0) is 45.0. The first-order chi connectivity index (χ1) is 28.4. The number of benzene rings is 3. The van der Waals surface area contributed by atoms with E-state index in [-0.39, 0.29) is 40.3 Å². The maximum absolute atomic E-state index is 14.3. The molecular formula is C44H50FN5O10S. The molecule has 324 valence electrons. The summed E-state index contributed by atoms with van der Waals surface area (Å²) >= 11 is 0. The van der Waals surface area contributed by atoms with Crippen molar-refractivity contribution >= 4 is 51.1 Å². The molecule has 3 aromatic carbocycles. The normalized spacial score (nSPS) is 13.0. The molecule has 2 atom stereocenters. The predicted molar refractivity (Wildman–Crippen MR) is 225 cm³/mol. The van der Waals surface area contributed by atoms with Gasteiger partial charge in [-0.05, 0) is 87.7 Å². The van der Waals surface area contributed by atoms with Gasteiger partial charge in [-0.25, -0.2) is 36.6 Å². The standard InChI is InChI=1S/C44H50FN5O10S/c1-26(2)38(58-39(52)44(7,8)47-41(53)60-43(4,5)6)59-42(54)50(34-21-20-33(61(10,55)56)24-36(34)57-9)40-46-37-22-17-31(25-49(37)48-40)30-13-11-28(12-14-30)23-35(51)27(3)29-15-18-32(45)19-16-29/h11-22,24-27,38H,23H2,1-10H3,(H,47,53)/t27-,38?/m1/s1. The van der Waals surface area contributed by atoms with Crippen LogP contribution in [0.2, 0.25) is 0 Å². The van der Waals surface area contributed by atoms with Crippen molar-refractivity contribution in [2.75, 3.05) is 18.3 Å². The first kappa shape index (κ1) is 45.7. The summed E-state index contributed by atoms with van der Waals surface area (Å²) in [4.78, 5) is 58.7. The number of esters is 1. The van der Waals surface area contributed by atoms with E-state index in [2.05, 4.69) is 15.4 Å². The summed E-state index contributed by atoms with van der Waals surface area (Å²) in [7, 11) is -2.40. The molecule has 2 aromatic heterocycles. The van der Waals surface area contributed by atoms with Crippen LogP contribution in [0, 0.1) is 11.7 Å². The summed E-state index contributed by atoms with van der Waals surface area (Å²) in [5.74, 6) is -2.55. The summed E-state index contributed by atoms with van der Waals surface area (Å²) in [6.45, 7) is 12.9. The average molecular weight is 860 g/mol. The molecule has 1 unspecified atom stereocenters. The molecule has 2 amide bonds. The lowest BCUT2D eigenvalue weighted by Gasteiger charge is -2.30. The van der Waals surface area contributed by atoms with Crippen molar-refractivity contribution in [3.8, 4) is 16.9 Å². The molecule has 5 aromatic rings. The molecule has 0 aliphatic carbocycles. The number of alkyl carbamates (subject to hydrolysis) is 1. The molecule has 0 bridgehead atoms.